The Balaban J connectivity index is 2.19. The molecule has 5 heteroatoms. The number of nitrogens with zero attached hydrogens (tertiary/aromatic N) is 1. The Kier molecular flexibility index (Phi) is 4.02. The van der Waals surface area contributed by atoms with E-state index in [-0.39, 0.29) is 10.6 Å². The topological polar surface area (TPSA) is 55.2 Å². The van der Waals surface area contributed by atoms with Crippen molar-refractivity contribution in [2.75, 3.05) is 5.32 Å². The number of hydrogen-bond donors (Lipinski definition) is 1. The fraction of sp³-hybridized carbons (Fsp3) is 0.143. The molecule has 0 aromatic heterocycles. The first-order valence-corrected chi connectivity index (χ1v) is 6.18. The highest BCUT2D eigenvalue weighted by atomic mass is 35.5. The van der Waals surface area contributed by atoms with Gasteiger partial charge in [-0.2, -0.15) is 0 Å². The lowest BCUT2D eigenvalue weighted by atomic mass is 10.1. The van der Waals surface area contributed by atoms with E-state index in [0.29, 0.717) is 17.1 Å². The van der Waals surface area contributed by atoms with Gasteiger partial charge in [-0.15, -0.1) is 0 Å². The SMILES string of the molecule is Cc1c(NCc2ccccc2Cl)cccc1[N+](=O)[O-]. The van der Waals surface area contributed by atoms with Crippen molar-refractivity contribution < 1.29 is 4.92 Å². The molecule has 2 aromatic carbocycles. The molecular formula is C14H13ClN2O2. The van der Waals surface area contributed by atoms with Crippen molar-refractivity contribution in [3.8, 4) is 0 Å². The summed E-state index contributed by atoms with van der Waals surface area (Å²) in [5.74, 6) is 0. The average molecular weight is 277 g/mol. The Morgan fingerprint density at radius 3 is 2.63 bits per heavy atom. The minimum absolute atomic E-state index is 0.115. The number of nitrogens with one attached hydrogen (secondary N) is 1. The van der Waals surface area contributed by atoms with Gasteiger partial charge < -0.3 is 5.32 Å². The predicted octanol–water partition coefficient (Wildman–Crippen LogP) is 4.17. The highest BCUT2D eigenvalue weighted by molar-refractivity contribution is 6.31. The maximum absolute atomic E-state index is 10.9. The Morgan fingerprint density at radius 1 is 1.21 bits per heavy atom. The smallest absolute Gasteiger partial charge is 0.274 e. The van der Waals surface area contributed by atoms with E-state index in [0.717, 1.165) is 11.3 Å². The van der Waals surface area contributed by atoms with Gasteiger partial charge in [0.05, 0.1) is 4.92 Å². The monoisotopic (exact) mass is 276 g/mol. The Hall–Kier alpha value is -2.07. The average Bonchev–Trinajstić information content (AvgIpc) is 2.39. The van der Waals surface area contributed by atoms with Crippen molar-refractivity contribution in [2.24, 2.45) is 0 Å². The molecule has 0 saturated heterocycles. The molecule has 2 rings (SSSR count). The summed E-state index contributed by atoms with van der Waals surface area (Å²) >= 11 is 6.06. The molecule has 0 aliphatic carbocycles. The number of rotatable bonds is 4. The van der Waals surface area contributed by atoms with Crippen LogP contribution >= 0.6 is 11.6 Å². The van der Waals surface area contributed by atoms with E-state index in [4.69, 9.17) is 11.6 Å². The third-order valence-corrected chi connectivity index (χ3v) is 3.30. The van der Waals surface area contributed by atoms with E-state index >= 15 is 0 Å². The van der Waals surface area contributed by atoms with Crippen molar-refractivity contribution in [1.82, 2.24) is 0 Å². The van der Waals surface area contributed by atoms with Crippen molar-refractivity contribution >= 4 is 23.0 Å². The molecule has 0 heterocycles. The largest absolute Gasteiger partial charge is 0.380 e. The summed E-state index contributed by atoms with van der Waals surface area (Å²) in [6.07, 6.45) is 0. The van der Waals surface area contributed by atoms with Gasteiger partial charge in [0.25, 0.3) is 5.69 Å². The van der Waals surface area contributed by atoms with Crippen molar-refractivity contribution in [2.45, 2.75) is 13.5 Å². The minimum Gasteiger partial charge on any atom is -0.380 e. The number of anilines is 1. The third-order valence-electron chi connectivity index (χ3n) is 2.93. The second-order valence-corrected chi connectivity index (χ2v) is 4.56. The lowest BCUT2D eigenvalue weighted by Crippen LogP contribution is -2.03. The summed E-state index contributed by atoms with van der Waals surface area (Å²) in [6, 6.07) is 12.5. The molecule has 4 nitrogen and oxygen atoms in total. The molecule has 0 unspecified atom stereocenters. The molecule has 0 spiro atoms. The molecule has 0 amide bonds. The third kappa shape index (κ3) is 3.03. The molecular weight excluding hydrogens is 264 g/mol. The van der Waals surface area contributed by atoms with Crippen LogP contribution in [0.15, 0.2) is 42.5 Å². The van der Waals surface area contributed by atoms with Crippen molar-refractivity contribution in [3.05, 3.63) is 68.7 Å². The normalized spacial score (nSPS) is 10.2. The second-order valence-electron chi connectivity index (χ2n) is 4.15. The van der Waals surface area contributed by atoms with Gasteiger partial charge in [-0.1, -0.05) is 35.9 Å². The first-order chi connectivity index (χ1) is 9.09. The van der Waals surface area contributed by atoms with Gasteiger partial charge in [0.1, 0.15) is 0 Å². The van der Waals surface area contributed by atoms with Crippen LogP contribution in [-0.4, -0.2) is 4.92 Å². The summed E-state index contributed by atoms with van der Waals surface area (Å²) in [6.45, 7) is 2.26. The standard InChI is InChI=1S/C14H13ClN2O2/c1-10-13(7-4-8-14(10)17(18)19)16-9-11-5-2-3-6-12(11)15/h2-8,16H,9H2,1H3. The number of halogens is 1. The molecule has 0 radical (unpaired) electrons. The molecule has 0 aliphatic heterocycles. The fourth-order valence-corrected chi connectivity index (χ4v) is 2.05. The molecule has 2 aromatic rings. The predicted molar refractivity (Wildman–Crippen MR) is 76.6 cm³/mol. The van der Waals surface area contributed by atoms with Crippen LogP contribution in [0.4, 0.5) is 11.4 Å². The van der Waals surface area contributed by atoms with Crippen LogP contribution in [0, 0.1) is 17.0 Å². The van der Waals surface area contributed by atoms with Crippen molar-refractivity contribution in [1.29, 1.82) is 0 Å². The zero-order valence-electron chi connectivity index (χ0n) is 10.4. The summed E-state index contributed by atoms with van der Waals surface area (Å²) in [7, 11) is 0. The lowest BCUT2D eigenvalue weighted by Gasteiger charge is -2.10. The molecule has 98 valence electrons. The van der Waals surface area contributed by atoms with Gasteiger partial charge in [-0.3, -0.25) is 10.1 Å². The van der Waals surface area contributed by atoms with Gasteiger partial charge in [0, 0.05) is 28.9 Å². The van der Waals surface area contributed by atoms with Crippen LogP contribution in [0.2, 0.25) is 5.02 Å². The quantitative estimate of drug-likeness (QED) is 0.673. The highest BCUT2D eigenvalue weighted by Crippen LogP contribution is 2.26. The summed E-state index contributed by atoms with van der Waals surface area (Å²) in [4.78, 5) is 10.5. The van der Waals surface area contributed by atoms with E-state index < -0.39 is 0 Å². The molecule has 0 atom stereocenters. The Morgan fingerprint density at radius 2 is 1.95 bits per heavy atom. The highest BCUT2D eigenvalue weighted by Gasteiger charge is 2.12. The minimum atomic E-state index is -0.379. The molecule has 0 fully saturated rings. The summed E-state index contributed by atoms with van der Waals surface area (Å²) < 4.78 is 0. The summed E-state index contributed by atoms with van der Waals surface area (Å²) in [5, 5.41) is 14.7. The summed E-state index contributed by atoms with van der Waals surface area (Å²) in [5.41, 5.74) is 2.44. The lowest BCUT2D eigenvalue weighted by molar-refractivity contribution is -0.385. The Bertz CT molecular complexity index is 614. The maximum atomic E-state index is 10.9. The fourth-order valence-electron chi connectivity index (χ4n) is 1.84. The van der Waals surface area contributed by atoms with Gasteiger partial charge in [0.15, 0.2) is 0 Å². The number of hydrogen-bond acceptors (Lipinski definition) is 3. The molecule has 19 heavy (non-hydrogen) atoms. The Labute approximate surface area is 116 Å². The van der Waals surface area contributed by atoms with Crippen LogP contribution in [0.1, 0.15) is 11.1 Å². The number of nitro benzene ring substituents is 1. The molecule has 0 bridgehead atoms. The van der Waals surface area contributed by atoms with E-state index in [9.17, 15) is 10.1 Å². The van der Waals surface area contributed by atoms with Crippen LogP contribution < -0.4 is 5.32 Å². The second kappa shape index (κ2) is 5.71. The van der Waals surface area contributed by atoms with Crippen LogP contribution in [0.25, 0.3) is 0 Å². The van der Waals surface area contributed by atoms with Crippen LogP contribution in [-0.2, 0) is 6.54 Å². The van der Waals surface area contributed by atoms with E-state index in [2.05, 4.69) is 5.32 Å². The van der Waals surface area contributed by atoms with Gasteiger partial charge >= 0.3 is 0 Å². The van der Waals surface area contributed by atoms with Gasteiger partial charge in [0.2, 0.25) is 0 Å². The zero-order valence-corrected chi connectivity index (χ0v) is 11.1. The van der Waals surface area contributed by atoms with Crippen molar-refractivity contribution in [3.63, 3.8) is 0 Å². The van der Waals surface area contributed by atoms with E-state index in [1.807, 2.05) is 30.3 Å². The number of benzene rings is 2. The van der Waals surface area contributed by atoms with Crippen LogP contribution in [0.5, 0.6) is 0 Å². The van der Waals surface area contributed by atoms with Gasteiger partial charge in [-0.05, 0) is 24.6 Å². The van der Waals surface area contributed by atoms with E-state index in [1.165, 1.54) is 6.07 Å². The molecule has 1 N–H and O–H groups in total. The zero-order chi connectivity index (χ0) is 13.8. The van der Waals surface area contributed by atoms with E-state index in [1.54, 1.807) is 13.0 Å². The molecule has 0 saturated carbocycles. The van der Waals surface area contributed by atoms with Gasteiger partial charge in [-0.25, -0.2) is 0 Å². The molecule has 0 aliphatic rings. The first-order valence-electron chi connectivity index (χ1n) is 5.81. The maximum Gasteiger partial charge on any atom is 0.274 e. The van der Waals surface area contributed by atoms with Crippen LogP contribution in [0.3, 0.4) is 0 Å². The number of nitro groups is 1. The first kappa shape index (κ1) is 13.4.